The number of piperazine rings is 1. The van der Waals surface area contributed by atoms with E-state index in [2.05, 4.69) is 5.32 Å². The van der Waals surface area contributed by atoms with Crippen LogP contribution in [0.2, 0.25) is 0 Å². The van der Waals surface area contributed by atoms with Crippen LogP contribution in [-0.2, 0) is 14.3 Å². The number of carbonyl (C=O) groups is 3. The van der Waals surface area contributed by atoms with Gasteiger partial charge in [-0.15, -0.1) is 0 Å². The number of carboxylic acid groups (broad SMARTS) is 1. The van der Waals surface area contributed by atoms with Crippen LogP contribution in [0, 0.1) is 11.3 Å². The zero-order chi connectivity index (χ0) is 21.9. The number of nitrogens with one attached hydrogen (secondary N) is 1. The lowest BCUT2D eigenvalue weighted by molar-refractivity contribution is -0.166. The van der Waals surface area contributed by atoms with E-state index < -0.39 is 17.0 Å². The Bertz CT molecular complexity index is 646. The minimum Gasteiger partial charge on any atom is -0.480 e. The standard InChI is InChI=1S/C22H37N3O5/c1-21(2,3)30-20(29)24-12-7-16(8-13-24)17-15-23-11-14-25(17)18(26)22(19(27)28)9-5-4-6-10-22/h16-17,23H,4-15H2,1-3H3,(H,27,28). The van der Waals surface area contributed by atoms with Gasteiger partial charge in [0.15, 0.2) is 0 Å². The van der Waals surface area contributed by atoms with Gasteiger partial charge in [-0.05, 0) is 52.4 Å². The highest BCUT2D eigenvalue weighted by atomic mass is 16.6. The molecular formula is C22H37N3O5. The van der Waals surface area contributed by atoms with E-state index in [0.29, 0.717) is 45.6 Å². The molecule has 8 nitrogen and oxygen atoms in total. The molecule has 2 aliphatic heterocycles. The van der Waals surface area contributed by atoms with Crippen molar-refractivity contribution in [1.82, 2.24) is 15.1 Å². The van der Waals surface area contributed by atoms with Crippen LogP contribution in [0.15, 0.2) is 0 Å². The van der Waals surface area contributed by atoms with Crippen molar-refractivity contribution >= 4 is 18.0 Å². The lowest BCUT2D eigenvalue weighted by Crippen LogP contribution is -2.62. The topological polar surface area (TPSA) is 99.2 Å². The quantitative estimate of drug-likeness (QED) is 0.677. The van der Waals surface area contributed by atoms with E-state index in [9.17, 15) is 19.5 Å². The van der Waals surface area contributed by atoms with Gasteiger partial charge in [0.1, 0.15) is 11.0 Å². The molecule has 3 fully saturated rings. The van der Waals surface area contributed by atoms with Crippen LogP contribution in [-0.4, -0.2) is 77.2 Å². The number of piperidine rings is 1. The fourth-order valence-electron chi connectivity index (χ4n) is 5.14. The van der Waals surface area contributed by atoms with Gasteiger partial charge in [0, 0.05) is 38.8 Å². The summed E-state index contributed by atoms with van der Waals surface area (Å²) < 4.78 is 5.48. The summed E-state index contributed by atoms with van der Waals surface area (Å²) in [7, 11) is 0. The van der Waals surface area contributed by atoms with Gasteiger partial charge in [-0.25, -0.2) is 4.79 Å². The molecule has 2 heterocycles. The first-order chi connectivity index (χ1) is 14.1. The molecule has 0 spiro atoms. The Labute approximate surface area is 179 Å². The summed E-state index contributed by atoms with van der Waals surface area (Å²) in [4.78, 5) is 41.6. The molecule has 1 unspecified atom stereocenters. The smallest absolute Gasteiger partial charge is 0.410 e. The molecule has 3 rings (SSSR count). The Balaban J connectivity index is 1.67. The number of nitrogens with zero attached hydrogens (tertiary/aromatic N) is 2. The highest BCUT2D eigenvalue weighted by molar-refractivity contribution is 6.02. The highest BCUT2D eigenvalue weighted by Crippen LogP contribution is 2.40. The molecule has 30 heavy (non-hydrogen) atoms. The van der Waals surface area contributed by atoms with Crippen molar-refractivity contribution in [2.24, 2.45) is 11.3 Å². The first kappa shape index (κ1) is 22.8. The Kier molecular flexibility index (Phi) is 6.95. The Morgan fingerprint density at radius 2 is 1.67 bits per heavy atom. The third-order valence-electron chi connectivity index (χ3n) is 6.81. The maximum atomic E-state index is 13.5. The summed E-state index contributed by atoms with van der Waals surface area (Å²) in [6, 6.07) is -0.0230. The first-order valence-electron chi connectivity index (χ1n) is 11.4. The zero-order valence-corrected chi connectivity index (χ0v) is 18.6. The fraction of sp³-hybridized carbons (Fsp3) is 0.864. The lowest BCUT2D eigenvalue weighted by atomic mass is 9.72. The van der Waals surface area contributed by atoms with E-state index >= 15 is 0 Å². The number of carboxylic acids is 1. The Hall–Kier alpha value is -1.83. The predicted octanol–water partition coefficient (Wildman–Crippen LogP) is 2.47. The summed E-state index contributed by atoms with van der Waals surface area (Å²) in [6.45, 7) is 8.69. The predicted molar refractivity (Wildman–Crippen MR) is 112 cm³/mol. The summed E-state index contributed by atoms with van der Waals surface area (Å²) >= 11 is 0. The number of likely N-dealkylation sites (tertiary alicyclic amines) is 1. The highest BCUT2D eigenvalue weighted by Gasteiger charge is 2.51. The molecule has 1 aliphatic carbocycles. The largest absolute Gasteiger partial charge is 0.480 e. The SMILES string of the molecule is CC(C)(C)OC(=O)N1CCC(C2CNCCN2C(=O)C2(C(=O)O)CCCCC2)CC1. The van der Waals surface area contributed by atoms with Crippen molar-refractivity contribution < 1.29 is 24.2 Å². The summed E-state index contributed by atoms with van der Waals surface area (Å²) in [5, 5.41) is 13.3. The van der Waals surface area contributed by atoms with Crippen LogP contribution in [0.3, 0.4) is 0 Å². The average Bonchev–Trinajstić information content (AvgIpc) is 2.72. The maximum Gasteiger partial charge on any atom is 0.410 e. The van der Waals surface area contributed by atoms with Crippen LogP contribution in [0.4, 0.5) is 4.79 Å². The number of amides is 2. The van der Waals surface area contributed by atoms with Gasteiger partial charge in [0.25, 0.3) is 0 Å². The molecule has 8 heteroatoms. The van der Waals surface area contributed by atoms with Crippen LogP contribution in [0.25, 0.3) is 0 Å². The average molecular weight is 424 g/mol. The number of hydrogen-bond donors (Lipinski definition) is 2. The van der Waals surface area contributed by atoms with Crippen molar-refractivity contribution in [3.05, 3.63) is 0 Å². The molecule has 0 bridgehead atoms. The molecule has 2 amide bonds. The van der Waals surface area contributed by atoms with Crippen molar-refractivity contribution in [2.75, 3.05) is 32.7 Å². The van der Waals surface area contributed by atoms with E-state index in [4.69, 9.17) is 4.74 Å². The molecule has 0 radical (unpaired) electrons. The van der Waals surface area contributed by atoms with E-state index in [1.165, 1.54) is 0 Å². The van der Waals surface area contributed by atoms with Gasteiger partial charge >= 0.3 is 12.1 Å². The normalized spacial score (nSPS) is 25.6. The molecule has 0 aromatic rings. The molecule has 170 valence electrons. The number of carbonyl (C=O) groups excluding carboxylic acids is 2. The number of ether oxygens (including phenoxy) is 1. The molecule has 0 aromatic carbocycles. The summed E-state index contributed by atoms with van der Waals surface area (Å²) in [6.07, 6.45) is 4.75. The first-order valence-corrected chi connectivity index (χ1v) is 11.4. The minimum absolute atomic E-state index is 0.0230. The van der Waals surface area contributed by atoms with Gasteiger partial charge in [0.2, 0.25) is 5.91 Å². The molecule has 2 saturated heterocycles. The third-order valence-corrected chi connectivity index (χ3v) is 6.81. The van der Waals surface area contributed by atoms with E-state index in [1.54, 1.807) is 4.90 Å². The molecular weight excluding hydrogens is 386 g/mol. The molecule has 0 aromatic heterocycles. The van der Waals surface area contributed by atoms with Gasteiger partial charge in [0.05, 0.1) is 0 Å². The third kappa shape index (κ3) is 4.90. The number of hydrogen-bond acceptors (Lipinski definition) is 5. The van der Waals surface area contributed by atoms with Crippen LogP contribution < -0.4 is 5.32 Å². The molecule has 2 N–H and O–H groups in total. The number of aliphatic carboxylic acids is 1. The van der Waals surface area contributed by atoms with Crippen LogP contribution in [0.5, 0.6) is 0 Å². The Morgan fingerprint density at radius 3 is 2.23 bits per heavy atom. The lowest BCUT2D eigenvalue weighted by Gasteiger charge is -2.47. The number of rotatable bonds is 3. The monoisotopic (exact) mass is 423 g/mol. The fourth-order valence-corrected chi connectivity index (χ4v) is 5.14. The van der Waals surface area contributed by atoms with E-state index in [0.717, 1.165) is 32.1 Å². The van der Waals surface area contributed by atoms with Gasteiger partial charge < -0.3 is 25.0 Å². The van der Waals surface area contributed by atoms with E-state index in [-0.39, 0.29) is 24.0 Å². The second kappa shape index (κ2) is 9.12. The molecule has 1 saturated carbocycles. The molecule has 1 atom stereocenters. The van der Waals surface area contributed by atoms with Crippen LogP contribution >= 0.6 is 0 Å². The van der Waals surface area contributed by atoms with Gasteiger partial charge in [-0.2, -0.15) is 0 Å². The van der Waals surface area contributed by atoms with Crippen molar-refractivity contribution in [2.45, 2.75) is 77.4 Å². The zero-order valence-electron chi connectivity index (χ0n) is 18.6. The second-order valence-corrected chi connectivity index (χ2v) is 10.0. The maximum absolute atomic E-state index is 13.5. The minimum atomic E-state index is -1.26. The van der Waals surface area contributed by atoms with Crippen molar-refractivity contribution in [3.63, 3.8) is 0 Å². The van der Waals surface area contributed by atoms with Crippen molar-refractivity contribution in [3.8, 4) is 0 Å². The van der Waals surface area contributed by atoms with Crippen molar-refractivity contribution in [1.29, 1.82) is 0 Å². The summed E-state index contributed by atoms with van der Waals surface area (Å²) in [5.74, 6) is -0.921. The van der Waals surface area contributed by atoms with Crippen LogP contribution in [0.1, 0.15) is 65.7 Å². The molecule has 3 aliphatic rings. The van der Waals surface area contributed by atoms with Gasteiger partial charge in [-0.3, -0.25) is 9.59 Å². The van der Waals surface area contributed by atoms with E-state index in [1.807, 2.05) is 25.7 Å². The second-order valence-electron chi connectivity index (χ2n) is 10.0. The Morgan fingerprint density at radius 1 is 1.03 bits per heavy atom. The van der Waals surface area contributed by atoms with Gasteiger partial charge in [-0.1, -0.05) is 19.3 Å². The summed E-state index contributed by atoms with van der Waals surface area (Å²) in [5.41, 5.74) is -1.78.